The highest BCUT2D eigenvalue weighted by Gasteiger charge is 2.28. The first-order chi connectivity index (χ1) is 15.5. The van der Waals surface area contributed by atoms with Crippen molar-refractivity contribution in [3.8, 4) is 0 Å². The maximum atomic E-state index is 12.8. The molecule has 1 aliphatic heterocycles. The van der Waals surface area contributed by atoms with E-state index in [1.165, 1.54) is 16.0 Å². The van der Waals surface area contributed by atoms with Gasteiger partial charge in [0.15, 0.2) is 11.2 Å². The van der Waals surface area contributed by atoms with Gasteiger partial charge in [0.1, 0.15) is 5.82 Å². The molecule has 32 heavy (non-hydrogen) atoms. The third kappa shape index (κ3) is 3.92. The van der Waals surface area contributed by atoms with Crippen molar-refractivity contribution >= 4 is 51.6 Å². The number of likely N-dealkylation sites (tertiary alicyclic amines) is 1. The van der Waals surface area contributed by atoms with Gasteiger partial charge in [-0.1, -0.05) is 40.5 Å². The van der Waals surface area contributed by atoms with Crippen LogP contribution in [0.25, 0.3) is 11.2 Å². The molecular weight excluding hydrogens is 471 g/mol. The van der Waals surface area contributed by atoms with Crippen LogP contribution in [0.1, 0.15) is 39.8 Å². The van der Waals surface area contributed by atoms with Crippen LogP contribution in [0.15, 0.2) is 40.5 Å². The average Bonchev–Trinajstić information content (AvgIpc) is 3.47. The van der Waals surface area contributed by atoms with Crippen molar-refractivity contribution in [2.24, 2.45) is 0 Å². The number of carbonyl (C=O) groups is 1. The Kier molecular flexibility index (Phi) is 5.71. The molecule has 1 fully saturated rings. The van der Waals surface area contributed by atoms with Crippen molar-refractivity contribution in [3.05, 3.63) is 72.4 Å². The van der Waals surface area contributed by atoms with Crippen molar-refractivity contribution < 1.29 is 4.79 Å². The maximum Gasteiger partial charge on any atom is 0.281 e. The number of amides is 1. The molecule has 4 heterocycles. The highest BCUT2D eigenvalue weighted by molar-refractivity contribution is 7.12. The molecule has 164 valence electrons. The van der Waals surface area contributed by atoms with E-state index in [1.54, 1.807) is 18.2 Å². The zero-order chi connectivity index (χ0) is 22.2. The van der Waals surface area contributed by atoms with Gasteiger partial charge in [0.05, 0.1) is 11.4 Å². The van der Waals surface area contributed by atoms with Crippen molar-refractivity contribution in [1.82, 2.24) is 29.9 Å². The zero-order valence-corrected chi connectivity index (χ0v) is 19.1. The van der Waals surface area contributed by atoms with Crippen LogP contribution in [-0.4, -0.2) is 48.9 Å². The van der Waals surface area contributed by atoms with Gasteiger partial charge in [-0.2, -0.15) is 0 Å². The van der Waals surface area contributed by atoms with Gasteiger partial charge in [-0.3, -0.25) is 9.59 Å². The van der Waals surface area contributed by atoms with Crippen molar-refractivity contribution in [2.45, 2.75) is 25.3 Å². The summed E-state index contributed by atoms with van der Waals surface area (Å²) in [5.41, 5.74) is 0.834. The Bertz CT molecular complexity index is 1330. The van der Waals surface area contributed by atoms with Gasteiger partial charge in [-0.25, -0.2) is 9.67 Å². The molecule has 3 aromatic heterocycles. The number of hydrogen-bond donors (Lipinski definition) is 1. The van der Waals surface area contributed by atoms with E-state index in [2.05, 4.69) is 15.3 Å². The van der Waals surface area contributed by atoms with Crippen LogP contribution in [0.5, 0.6) is 0 Å². The second-order valence-electron chi connectivity index (χ2n) is 7.64. The number of halogens is 2. The fraction of sp³-hybridized carbons (Fsp3) is 0.286. The second-order valence-corrected chi connectivity index (χ2v) is 9.40. The van der Waals surface area contributed by atoms with Gasteiger partial charge < -0.3 is 9.88 Å². The quantitative estimate of drug-likeness (QED) is 0.468. The third-order valence-corrected chi connectivity index (χ3v) is 7.15. The lowest BCUT2D eigenvalue weighted by atomic mass is 9.97. The topological polar surface area (TPSA) is 96.8 Å². The molecule has 11 heteroatoms. The summed E-state index contributed by atoms with van der Waals surface area (Å²) >= 11 is 14.0. The standard InChI is InChI=1S/C21H18Cl2N6O2S/c22-14-5-1-6-15(23)13(14)11-29-19-17(26-27-29)20(30)25-18(24-19)12-4-2-8-28(10-12)21(31)16-7-3-9-32-16/h1,3,5-7,9,12H,2,4,8,10-11H2,(H,24,25,30)/t12-/m0/s1. The third-order valence-electron chi connectivity index (χ3n) is 5.59. The van der Waals surface area contributed by atoms with E-state index in [4.69, 9.17) is 28.2 Å². The molecule has 5 rings (SSSR count). The predicted molar refractivity (Wildman–Crippen MR) is 124 cm³/mol. The van der Waals surface area contributed by atoms with E-state index in [-0.39, 0.29) is 29.4 Å². The number of aromatic nitrogens is 5. The Morgan fingerprint density at radius 1 is 1.22 bits per heavy atom. The van der Waals surface area contributed by atoms with E-state index >= 15 is 0 Å². The van der Waals surface area contributed by atoms with Gasteiger partial charge in [0, 0.05) is 34.6 Å². The molecule has 0 bridgehead atoms. The number of benzene rings is 1. The van der Waals surface area contributed by atoms with Crippen LogP contribution in [0, 0.1) is 0 Å². The predicted octanol–water partition coefficient (Wildman–Crippen LogP) is 3.95. The number of nitrogens with one attached hydrogen (secondary N) is 1. The fourth-order valence-corrected chi connectivity index (χ4v) is 5.16. The Hall–Kier alpha value is -2.75. The summed E-state index contributed by atoms with van der Waals surface area (Å²) in [5, 5.41) is 11.0. The highest BCUT2D eigenvalue weighted by Crippen LogP contribution is 2.28. The Balaban J connectivity index is 1.46. The van der Waals surface area contributed by atoms with E-state index < -0.39 is 0 Å². The van der Waals surface area contributed by atoms with E-state index in [0.717, 1.165) is 12.8 Å². The molecular formula is C21H18Cl2N6O2S. The Morgan fingerprint density at radius 3 is 2.78 bits per heavy atom. The first-order valence-electron chi connectivity index (χ1n) is 10.1. The lowest BCUT2D eigenvalue weighted by molar-refractivity contribution is 0.0709. The van der Waals surface area contributed by atoms with Crippen LogP contribution >= 0.6 is 34.5 Å². The molecule has 0 aliphatic carbocycles. The van der Waals surface area contributed by atoms with Crippen LogP contribution in [0.4, 0.5) is 0 Å². The molecule has 8 nitrogen and oxygen atoms in total. The number of H-pyrrole nitrogens is 1. The van der Waals surface area contributed by atoms with Gasteiger partial charge in [0.25, 0.3) is 11.5 Å². The summed E-state index contributed by atoms with van der Waals surface area (Å²) in [7, 11) is 0. The largest absolute Gasteiger partial charge is 0.337 e. The zero-order valence-electron chi connectivity index (χ0n) is 16.8. The lowest BCUT2D eigenvalue weighted by Crippen LogP contribution is -2.39. The van der Waals surface area contributed by atoms with Crippen LogP contribution < -0.4 is 5.56 Å². The van der Waals surface area contributed by atoms with Gasteiger partial charge in [0.2, 0.25) is 0 Å². The first-order valence-corrected chi connectivity index (χ1v) is 11.7. The first kappa shape index (κ1) is 21.1. The van der Waals surface area contributed by atoms with E-state index in [9.17, 15) is 9.59 Å². The summed E-state index contributed by atoms with van der Waals surface area (Å²) in [6, 6.07) is 8.95. The maximum absolute atomic E-state index is 12.8. The lowest BCUT2D eigenvalue weighted by Gasteiger charge is -2.31. The number of nitrogens with zero attached hydrogens (tertiary/aromatic N) is 5. The van der Waals surface area contributed by atoms with Crippen molar-refractivity contribution in [1.29, 1.82) is 0 Å². The minimum atomic E-state index is -0.358. The van der Waals surface area contributed by atoms with Gasteiger partial charge >= 0.3 is 0 Å². The summed E-state index contributed by atoms with van der Waals surface area (Å²) in [4.78, 5) is 35.6. The van der Waals surface area contributed by atoms with Crippen LogP contribution in [0.2, 0.25) is 10.0 Å². The van der Waals surface area contributed by atoms with Crippen LogP contribution in [0.3, 0.4) is 0 Å². The summed E-state index contributed by atoms with van der Waals surface area (Å²) < 4.78 is 1.53. The average molecular weight is 489 g/mol. The summed E-state index contributed by atoms with van der Waals surface area (Å²) in [6.07, 6.45) is 1.65. The minimum absolute atomic E-state index is 0.00759. The number of rotatable bonds is 4. The SMILES string of the molecule is O=C(c1cccs1)N1CCC[C@H](c2nc3c(nnn3Cc3c(Cl)cccc3Cl)c(=O)[nH]2)C1. The van der Waals surface area contributed by atoms with Crippen molar-refractivity contribution in [2.75, 3.05) is 13.1 Å². The number of thiophene rings is 1. The Labute approximate surface area is 196 Å². The monoisotopic (exact) mass is 488 g/mol. The highest BCUT2D eigenvalue weighted by atomic mass is 35.5. The van der Waals surface area contributed by atoms with E-state index in [1.807, 2.05) is 22.4 Å². The molecule has 0 spiro atoms. The molecule has 0 radical (unpaired) electrons. The Morgan fingerprint density at radius 2 is 2.03 bits per heavy atom. The normalized spacial score (nSPS) is 16.6. The number of carbonyl (C=O) groups excluding carboxylic acids is 1. The molecule has 0 saturated carbocycles. The number of piperidine rings is 1. The molecule has 4 aromatic rings. The van der Waals surface area contributed by atoms with Crippen molar-refractivity contribution in [3.63, 3.8) is 0 Å². The second kappa shape index (κ2) is 8.65. The molecule has 1 saturated heterocycles. The number of hydrogen-bond acceptors (Lipinski definition) is 6. The van der Waals surface area contributed by atoms with Gasteiger partial charge in [-0.05, 0) is 36.4 Å². The smallest absolute Gasteiger partial charge is 0.281 e. The molecule has 0 unspecified atom stereocenters. The molecule has 1 amide bonds. The molecule has 1 aliphatic rings. The minimum Gasteiger partial charge on any atom is -0.337 e. The number of fused-ring (bicyclic) bond motifs is 1. The fourth-order valence-electron chi connectivity index (χ4n) is 3.96. The summed E-state index contributed by atoms with van der Waals surface area (Å²) in [5.74, 6) is 0.449. The summed E-state index contributed by atoms with van der Waals surface area (Å²) in [6.45, 7) is 1.41. The number of aromatic amines is 1. The van der Waals surface area contributed by atoms with Gasteiger partial charge in [-0.15, -0.1) is 16.4 Å². The molecule has 1 N–H and O–H groups in total. The molecule has 1 aromatic carbocycles. The van der Waals surface area contributed by atoms with Crippen LogP contribution in [-0.2, 0) is 6.54 Å². The molecule has 1 atom stereocenters. The van der Waals surface area contributed by atoms with E-state index in [0.29, 0.717) is 45.0 Å².